The minimum absolute atomic E-state index is 1.05. The van der Waals surface area contributed by atoms with Gasteiger partial charge in [0, 0.05) is 21.5 Å². The van der Waals surface area contributed by atoms with Gasteiger partial charge in [0.1, 0.15) is 10.7 Å². The van der Waals surface area contributed by atoms with Gasteiger partial charge in [0.2, 0.25) is 0 Å². The normalized spacial score (nSPS) is 11.2. The molecule has 0 aliphatic rings. The fraction of sp³-hybridized carbons (Fsp3) is 0.105. The third kappa shape index (κ3) is 2.69. The number of thiazole rings is 1. The third-order valence-corrected chi connectivity index (χ3v) is 5.80. The van der Waals surface area contributed by atoms with Crippen LogP contribution in [0.25, 0.3) is 16.2 Å². The van der Waals surface area contributed by atoms with Gasteiger partial charge >= 0.3 is 0 Å². The van der Waals surface area contributed by atoms with Gasteiger partial charge < -0.3 is 0 Å². The summed E-state index contributed by atoms with van der Waals surface area (Å²) in [6, 6.07) is 19.1. The van der Waals surface area contributed by atoms with Crippen LogP contribution >= 0.6 is 23.1 Å². The van der Waals surface area contributed by atoms with Gasteiger partial charge in [-0.15, -0.1) is 11.3 Å². The molecule has 0 N–H and O–H groups in total. The van der Waals surface area contributed by atoms with E-state index in [-0.39, 0.29) is 0 Å². The lowest BCUT2D eigenvalue weighted by molar-refractivity contribution is 1.01. The highest BCUT2D eigenvalue weighted by Crippen LogP contribution is 2.38. The summed E-state index contributed by atoms with van der Waals surface area (Å²) in [6.07, 6.45) is 0. The molecule has 23 heavy (non-hydrogen) atoms. The van der Waals surface area contributed by atoms with Crippen molar-refractivity contribution < 1.29 is 0 Å². The molecule has 0 amide bonds. The summed E-state index contributed by atoms with van der Waals surface area (Å²) in [5, 5.41) is 3.35. The first kappa shape index (κ1) is 14.5. The highest BCUT2D eigenvalue weighted by atomic mass is 32.2. The summed E-state index contributed by atoms with van der Waals surface area (Å²) in [6.45, 7) is 4.25. The van der Waals surface area contributed by atoms with Crippen LogP contribution in [0.2, 0.25) is 0 Å². The predicted molar refractivity (Wildman–Crippen MR) is 98.5 cm³/mol. The van der Waals surface area contributed by atoms with Crippen LogP contribution in [0.4, 0.5) is 0 Å². The zero-order chi connectivity index (χ0) is 15.8. The Labute approximate surface area is 143 Å². The van der Waals surface area contributed by atoms with Gasteiger partial charge in [0.25, 0.3) is 0 Å². The maximum absolute atomic E-state index is 4.88. The number of hydrogen-bond donors (Lipinski definition) is 0. The number of hydrogen-bond acceptors (Lipinski definition) is 3. The lowest BCUT2D eigenvalue weighted by atomic mass is 10.2. The van der Waals surface area contributed by atoms with Gasteiger partial charge in [0.15, 0.2) is 4.96 Å². The number of aromatic nitrogens is 2. The molecule has 2 nitrogen and oxygen atoms in total. The molecule has 0 unspecified atom stereocenters. The lowest BCUT2D eigenvalue weighted by Gasteiger charge is -2.06. The molecule has 114 valence electrons. The molecule has 0 aliphatic heterocycles. The van der Waals surface area contributed by atoms with Crippen LogP contribution in [-0.2, 0) is 0 Å². The smallest absolute Gasteiger partial charge is 0.195 e. The van der Waals surface area contributed by atoms with Gasteiger partial charge in [0.05, 0.1) is 0 Å². The van der Waals surface area contributed by atoms with Gasteiger partial charge in [-0.1, -0.05) is 59.8 Å². The first-order valence-electron chi connectivity index (χ1n) is 7.49. The molecule has 4 aromatic rings. The Morgan fingerprint density at radius 2 is 1.70 bits per heavy atom. The Kier molecular flexibility index (Phi) is 3.71. The number of nitrogens with zero attached hydrogens (tertiary/aromatic N) is 2. The summed E-state index contributed by atoms with van der Waals surface area (Å²) in [5.74, 6) is 0. The number of rotatable bonds is 3. The van der Waals surface area contributed by atoms with Crippen molar-refractivity contribution in [1.82, 2.24) is 9.38 Å². The fourth-order valence-corrected chi connectivity index (χ4v) is 4.56. The van der Waals surface area contributed by atoms with Crippen LogP contribution in [0.5, 0.6) is 0 Å². The van der Waals surface area contributed by atoms with Crippen molar-refractivity contribution >= 4 is 28.1 Å². The van der Waals surface area contributed by atoms with Gasteiger partial charge in [-0.3, -0.25) is 4.40 Å². The van der Waals surface area contributed by atoms with Crippen molar-refractivity contribution in [3.8, 4) is 11.3 Å². The number of aryl methyl sites for hydroxylation is 2. The minimum Gasteiger partial charge on any atom is -0.282 e. The number of fused-ring (bicyclic) bond motifs is 1. The van der Waals surface area contributed by atoms with Crippen LogP contribution < -0.4 is 0 Å². The molecule has 0 bridgehead atoms. The van der Waals surface area contributed by atoms with Gasteiger partial charge in [-0.25, -0.2) is 4.98 Å². The zero-order valence-corrected chi connectivity index (χ0v) is 14.6. The van der Waals surface area contributed by atoms with E-state index in [0.29, 0.717) is 0 Å². The molecule has 2 heterocycles. The van der Waals surface area contributed by atoms with E-state index in [1.165, 1.54) is 21.2 Å². The van der Waals surface area contributed by atoms with Crippen molar-refractivity contribution in [1.29, 1.82) is 0 Å². The molecule has 0 atom stereocenters. The Bertz CT molecular complexity index is 950. The van der Waals surface area contributed by atoms with E-state index in [4.69, 9.17) is 4.98 Å². The summed E-state index contributed by atoms with van der Waals surface area (Å²) >= 11 is 3.47. The van der Waals surface area contributed by atoms with E-state index in [0.717, 1.165) is 16.2 Å². The molecule has 0 radical (unpaired) electrons. The van der Waals surface area contributed by atoms with Crippen LogP contribution in [0, 0.1) is 13.8 Å². The highest BCUT2D eigenvalue weighted by Gasteiger charge is 2.17. The molecule has 2 aromatic carbocycles. The van der Waals surface area contributed by atoms with E-state index in [1.54, 1.807) is 23.1 Å². The Morgan fingerprint density at radius 3 is 2.43 bits per heavy atom. The first-order valence-corrected chi connectivity index (χ1v) is 9.18. The SMILES string of the molecule is Cc1ccc(Sc2c(-c3ccccc3)nc3scc(C)n23)cc1. The van der Waals surface area contributed by atoms with Crippen LogP contribution in [0.3, 0.4) is 0 Å². The first-order chi connectivity index (χ1) is 11.2. The Balaban J connectivity index is 1.88. The average molecular weight is 336 g/mol. The van der Waals surface area contributed by atoms with E-state index in [2.05, 4.69) is 72.2 Å². The predicted octanol–water partition coefficient (Wildman–Crippen LogP) is 5.83. The molecule has 0 saturated carbocycles. The Morgan fingerprint density at radius 1 is 0.957 bits per heavy atom. The zero-order valence-electron chi connectivity index (χ0n) is 13.0. The lowest BCUT2D eigenvalue weighted by Crippen LogP contribution is -1.88. The van der Waals surface area contributed by atoms with E-state index in [1.807, 2.05) is 6.07 Å². The third-order valence-electron chi connectivity index (χ3n) is 3.77. The molecule has 4 heteroatoms. The van der Waals surface area contributed by atoms with Crippen molar-refractivity contribution in [2.75, 3.05) is 0 Å². The van der Waals surface area contributed by atoms with Crippen molar-refractivity contribution in [3.63, 3.8) is 0 Å². The molecule has 0 fully saturated rings. The molecule has 4 rings (SSSR count). The number of benzene rings is 2. The maximum Gasteiger partial charge on any atom is 0.195 e. The minimum atomic E-state index is 1.05. The molecular weight excluding hydrogens is 320 g/mol. The standard InChI is InChI=1S/C19H16N2S2/c1-13-8-10-16(11-9-13)23-18-17(15-6-4-3-5-7-15)20-19-21(18)14(2)12-22-19/h3-12H,1-2H3. The summed E-state index contributed by atoms with van der Waals surface area (Å²) < 4.78 is 2.26. The van der Waals surface area contributed by atoms with Gasteiger partial charge in [-0.05, 0) is 26.0 Å². The van der Waals surface area contributed by atoms with E-state index >= 15 is 0 Å². The molecule has 0 aliphatic carbocycles. The number of imidazole rings is 1. The second-order valence-electron chi connectivity index (χ2n) is 5.54. The van der Waals surface area contributed by atoms with E-state index in [9.17, 15) is 0 Å². The monoisotopic (exact) mass is 336 g/mol. The van der Waals surface area contributed by atoms with Crippen molar-refractivity contribution in [2.45, 2.75) is 23.8 Å². The quantitative estimate of drug-likeness (QED) is 0.468. The maximum atomic E-state index is 4.88. The molecule has 2 aromatic heterocycles. The van der Waals surface area contributed by atoms with Crippen molar-refractivity contribution in [2.24, 2.45) is 0 Å². The summed E-state index contributed by atoms with van der Waals surface area (Å²) in [7, 11) is 0. The molecule has 0 spiro atoms. The topological polar surface area (TPSA) is 17.3 Å². The van der Waals surface area contributed by atoms with Gasteiger partial charge in [-0.2, -0.15) is 0 Å². The van der Waals surface area contributed by atoms with Crippen molar-refractivity contribution in [3.05, 3.63) is 71.2 Å². The van der Waals surface area contributed by atoms with Crippen LogP contribution in [0.15, 0.2) is 69.9 Å². The van der Waals surface area contributed by atoms with Crippen LogP contribution in [0.1, 0.15) is 11.3 Å². The Hall–Kier alpha value is -2.04. The average Bonchev–Trinajstić information content (AvgIpc) is 3.11. The summed E-state index contributed by atoms with van der Waals surface area (Å²) in [5.41, 5.74) is 4.74. The second kappa shape index (κ2) is 5.87. The summed E-state index contributed by atoms with van der Waals surface area (Å²) in [4.78, 5) is 7.17. The van der Waals surface area contributed by atoms with E-state index < -0.39 is 0 Å². The molecular formula is C19H16N2S2. The second-order valence-corrected chi connectivity index (χ2v) is 7.44. The largest absolute Gasteiger partial charge is 0.282 e. The fourth-order valence-electron chi connectivity index (χ4n) is 2.56. The molecule has 0 saturated heterocycles. The highest BCUT2D eigenvalue weighted by molar-refractivity contribution is 7.99. The van der Waals surface area contributed by atoms with Crippen LogP contribution in [-0.4, -0.2) is 9.38 Å².